The molecule has 0 radical (unpaired) electrons. The summed E-state index contributed by atoms with van der Waals surface area (Å²) in [6.45, 7) is 2.10. The lowest BCUT2D eigenvalue weighted by Crippen LogP contribution is -1.96. The van der Waals surface area contributed by atoms with Crippen LogP contribution in [0.15, 0.2) is 48.8 Å². The number of imidazole rings is 1. The first-order chi connectivity index (χ1) is 8.72. The highest BCUT2D eigenvalue weighted by molar-refractivity contribution is 6.30. The van der Waals surface area contributed by atoms with Crippen molar-refractivity contribution in [3.8, 4) is 0 Å². The molecule has 2 nitrogen and oxygen atoms in total. The van der Waals surface area contributed by atoms with Crippen molar-refractivity contribution in [3.63, 3.8) is 0 Å². The smallest absolute Gasteiger partial charge is 0.117 e. The third-order valence-electron chi connectivity index (χ3n) is 3.01. The molecular formula is C15H13ClN2. The molecule has 0 aliphatic carbocycles. The second-order valence-electron chi connectivity index (χ2n) is 4.48. The van der Waals surface area contributed by atoms with Gasteiger partial charge in [0.05, 0.1) is 16.7 Å². The van der Waals surface area contributed by atoms with Gasteiger partial charge in [0, 0.05) is 12.6 Å². The van der Waals surface area contributed by atoms with Crippen molar-refractivity contribution in [3.05, 3.63) is 70.8 Å². The van der Waals surface area contributed by atoms with E-state index in [1.54, 1.807) is 0 Å². The Morgan fingerprint density at radius 1 is 1.22 bits per heavy atom. The van der Waals surface area contributed by atoms with Gasteiger partial charge in [0.2, 0.25) is 0 Å². The van der Waals surface area contributed by atoms with Gasteiger partial charge in [-0.15, -0.1) is 0 Å². The number of hydrogen-bond acceptors (Lipinski definition) is 1. The van der Waals surface area contributed by atoms with Crippen molar-refractivity contribution in [1.29, 1.82) is 0 Å². The number of fused-ring (bicyclic) bond motifs is 1. The SMILES string of the molecule is Cc1cccc(Cc2ncc3ccc(Cl)cn23)c1. The van der Waals surface area contributed by atoms with Gasteiger partial charge in [0.1, 0.15) is 5.82 Å². The predicted molar refractivity (Wildman–Crippen MR) is 74.2 cm³/mol. The number of pyridine rings is 1. The van der Waals surface area contributed by atoms with Crippen LogP contribution in [0, 0.1) is 6.92 Å². The van der Waals surface area contributed by atoms with E-state index in [0.717, 1.165) is 22.8 Å². The van der Waals surface area contributed by atoms with Crippen LogP contribution in [0.2, 0.25) is 5.02 Å². The molecule has 0 bridgehead atoms. The summed E-state index contributed by atoms with van der Waals surface area (Å²) in [4.78, 5) is 4.47. The van der Waals surface area contributed by atoms with Crippen LogP contribution in [-0.4, -0.2) is 9.38 Å². The predicted octanol–water partition coefficient (Wildman–Crippen LogP) is 3.89. The van der Waals surface area contributed by atoms with Gasteiger partial charge in [-0.25, -0.2) is 4.98 Å². The molecule has 1 aromatic carbocycles. The third kappa shape index (κ3) is 2.12. The lowest BCUT2D eigenvalue weighted by Gasteiger charge is -2.03. The lowest BCUT2D eigenvalue weighted by molar-refractivity contribution is 0.960. The van der Waals surface area contributed by atoms with E-state index in [1.807, 2.05) is 28.9 Å². The number of nitrogens with zero attached hydrogens (tertiary/aromatic N) is 2. The molecule has 3 rings (SSSR count). The van der Waals surface area contributed by atoms with Gasteiger partial charge in [0.15, 0.2) is 0 Å². The molecule has 2 heterocycles. The topological polar surface area (TPSA) is 17.3 Å². The van der Waals surface area contributed by atoms with Gasteiger partial charge in [-0.1, -0.05) is 41.4 Å². The molecule has 0 saturated carbocycles. The minimum atomic E-state index is 0.728. The zero-order chi connectivity index (χ0) is 12.5. The van der Waals surface area contributed by atoms with Gasteiger partial charge >= 0.3 is 0 Å². The average molecular weight is 257 g/mol. The molecule has 0 amide bonds. The van der Waals surface area contributed by atoms with Crippen LogP contribution in [-0.2, 0) is 6.42 Å². The highest BCUT2D eigenvalue weighted by Gasteiger charge is 2.05. The fourth-order valence-corrected chi connectivity index (χ4v) is 2.31. The molecule has 0 saturated heterocycles. The Hall–Kier alpha value is -1.80. The Morgan fingerprint density at radius 3 is 2.94 bits per heavy atom. The number of rotatable bonds is 2. The highest BCUT2D eigenvalue weighted by Crippen LogP contribution is 2.16. The maximum atomic E-state index is 6.03. The summed E-state index contributed by atoms with van der Waals surface area (Å²) in [7, 11) is 0. The van der Waals surface area contributed by atoms with Gasteiger partial charge in [-0.05, 0) is 24.6 Å². The van der Waals surface area contributed by atoms with E-state index >= 15 is 0 Å². The van der Waals surface area contributed by atoms with Gasteiger partial charge in [0.25, 0.3) is 0 Å². The summed E-state index contributed by atoms with van der Waals surface area (Å²) >= 11 is 6.03. The van der Waals surface area contributed by atoms with Crippen molar-refractivity contribution in [2.45, 2.75) is 13.3 Å². The molecule has 90 valence electrons. The zero-order valence-electron chi connectivity index (χ0n) is 10.1. The standard InChI is InChI=1S/C15H13ClN2/c1-11-3-2-4-12(7-11)8-15-17-9-14-6-5-13(16)10-18(14)15/h2-7,9-10H,8H2,1H3. The largest absolute Gasteiger partial charge is 0.302 e. The van der Waals surface area contributed by atoms with Gasteiger partial charge in [-0.2, -0.15) is 0 Å². The first kappa shape index (κ1) is 11.3. The van der Waals surface area contributed by atoms with Crippen LogP contribution >= 0.6 is 11.6 Å². The number of benzene rings is 1. The normalized spacial score (nSPS) is 11.0. The quantitative estimate of drug-likeness (QED) is 0.680. The molecule has 3 aromatic rings. The van der Waals surface area contributed by atoms with Crippen LogP contribution in [0.25, 0.3) is 5.52 Å². The number of halogens is 1. The van der Waals surface area contributed by atoms with Crippen molar-refractivity contribution < 1.29 is 0 Å². The molecule has 0 aliphatic rings. The summed E-state index contributed by atoms with van der Waals surface area (Å²) in [5.41, 5.74) is 3.61. The van der Waals surface area contributed by atoms with Crippen molar-refractivity contribution in [2.24, 2.45) is 0 Å². The lowest BCUT2D eigenvalue weighted by atomic mass is 10.1. The molecule has 0 N–H and O–H groups in total. The van der Waals surface area contributed by atoms with E-state index in [1.165, 1.54) is 11.1 Å². The van der Waals surface area contributed by atoms with Crippen molar-refractivity contribution >= 4 is 17.1 Å². The van der Waals surface area contributed by atoms with Gasteiger partial charge < -0.3 is 4.40 Å². The molecule has 3 heteroatoms. The third-order valence-corrected chi connectivity index (χ3v) is 3.24. The first-order valence-corrected chi connectivity index (χ1v) is 6.27. The molecule has 0 unspecified atom stereocenters. The number of hydrogen-bond donors (Lipinski definition) is 0. The van der Waals surface area contributed by atoms with Crippen molar-refractivity contribution in [2.75, 3.05) is 0 Å². The number of aryl methyl sites for hydroxylation is 1. The Bertz CT molecular complexity index is 701. The zero-order valence-corrected chi connectivity index (χ0v) is 10.9. The summed E-state index contributed by atoms with van der Waals surface area (Å²) in [5.74, 6) is 1.01. The van der Waals surface area contributed by atoms with Crippen LogP contribution in [0.4, 0.5) is 0 Å². The minimum absolute atomic E-state index is 0.728. The van der Waals surface area contributed by atoms with Crippen LogP contribution in [0.1, 0.15) is 17.0 Å². The summed E-state index contributed by atoms with van der Waals surface area (Å²) in [6, 6.07) is 12.4. The second kappa shape index (κ2) is 4.46. The van der Waals surface area contributed by atoms with E-state index in [0.29, 0.717) is 0 Å². The number of aromatic nitrogens is 2. The highest BCUT2D eigenvalue weighted by atomic mass is 35.5. The summed E-state index contributed by atoms with van der Waals surface area (Å²) in [6.07, 6.45) is 4.60. The Labute approximate surface area is 111 Å². The first-order valence-electron chi connectivity index (χ1n) is 5.89. The van der Waals surface area contributed by atoms with Gasteiger partial charge in [-0.3, -0.25) is 0 Å². The molecule has 0 atom stereocenters. The fraction of sp³-hybridized carbons (Fsp3) is 0.133. The summed E-state index contributed by atoms with van der Waals surface area (Å²) < 4.78 is 2.05. The maximum absolute atomic E-state index is 6.03. The van der Waals surface area contributed by atoms with E-state index in [9.17, 15) is 0 Å². The molecule has 2 aromatic heterocycles. The average Bonchev–Trinajstić information content (AvgIpc) is 2.72. The monoisotopic (exact) mass is 256 g/mol. The van der Waals surface area contributed by atoms with E-state index in [2.05, 4.69) is 36.2 Å². The van der Waals surface area contributed by atoms with E-state index in [-0.39, 0.29) is 0 Å². The fourth-order valence-electron chi connectivity index (χ4n) is 2.15. The Balaban J connectivity index is 2.02. The van der Waals surface area contributed by atoms with Crippen LogP contribution in [0.3, 0.4) is 0 Å². The molecular weight excluding hydrogens is 244 g/mol. The minimum Gasteiger partial charge on any atom is -0.302 e. The summed E-state index contributed by atoms with van der Waals surface area (Å²) in [5, 5.41) is 0.728. The molecule has 0 fully saturated rings. The maximum Gasteiger partial charge on any atom is 0.117 e. The molecule has 18 heavy (non-hydrogen) atoms. The second-order valence-corrected chi connectivity index (χ2v) is 4.92. The Kier molecular flexibility index (Phi) is 2.80. The van der Waals surface area contributed by atoms with Crippen LogP contribution < -0.4 is 0 Å². The molecule has 0 spiro atoms. The van der Waals surface area contributed by atoms with E-state index in [4.69, 9.17) is 11.6 Å². The van der Waals surface area contributed by atoms with E-state index < -0.39 is 0 Å². The van der Waals surface area contributed by atoms with Crippen LogP contribution in [0.5, 0.6) is 0 Å². The van der Waals surface area contributed by atoms with Crippen molar-refractivity contribution in [1.82, 2.24) is 9.38 Å². The molecule has 0 aliphatic heterocycles. The Morgan fingerprint density at radius 2 is 2.11 bits per heavy atom.